The summed E-state index contributed by atoms with van der Waals surface area (Å²) >= 11 is 1.43. The molecule has 1 saturated heterocycles. The summed E-state index contributed by atoms with van der Waals surface area (Å²) in [7, 11) is 0. The molecule has 4 rings (SSSR count). The molecule has 0 aliphatic carbocycles. The Morgan fingerprint density at radius 2 is 2.11 bits per heavy atom. The van der Waals surface area contributed by atoms with E-state index in [2.05, 4.69) is 34.4 Å². The number of benzene rings is 1. The summed E-state index contributed by atoms with van der Waals surface area (Å²) in [4.78, 5) is 30.9. The zero-order valence-corrected chi connectivity index (χ0v) is 16.8. The fourth-order valence-corrected chi connectivity index (χ4v) is 4.47. The third-order valence-electron chi connectivity index (χ3n) is 4.92. The lowest BCUT2D eigenvalue weighted by Gasteiger charge is -2.34. The number of ether oxygens (including phenoxy) is 1. The van der Waals surface area contributed by atoms with Crippen molar-refractivity contribution in [3.05, 3.63) is 40.4 Å². The van der Waals surface area contributed by atoms with E-state index in [1.54, 1.807) is 12.1 Å². The number of aromatic nitrogens is 1. The molecule has 0 bridgehead atoms. The molecule has 0 saturated carbocycles. The quantitative estimate of drug-likeness (QED) is 0.825. The van der Waals surface area contributed by atoms with Gasteiger partial charge in [0.2, 0.25) is 5.91 Å². The van der Waals surface area contributed by atoms with Gasteiger partial charge in [-0.2, -0.15) is 0 Å². The number of nitrogens with zero attached hydrogens (tertiary/aromatic N) is 2. The minimum absolute atomic E-state index is 0.0177. The summed E-state index contributed by atoms with van der Waals surface area (Å²) in [5, 5.41) is 8.30. The van der Waals surface area contributed by atoms with Crippen molar-refractivity contribution in [1.82, 2.24) is 9.88 Å². The molecule has 2 aliphatic heterocycles. The normalized spacial score (nSPS) is 22.4. The van der Waals surface area contributed by atoms with Crippen LogP contribution in [0.3, 0.4) is 0 Å². The second-order valence-electron chi connectivity index (χ2n) is 7.47. The zero-order valence-electron chi connectivity index (χ0n) is 16.0. The lowest BCUT2D eigenvalue weighted by molar-refractivity contribution is -0.116. The van der Waals surface area contributed by atoms with Crippen LogP contribution in [0.2, 0.25) is 0 Å². The molecule has 7 nitrogen and oxygen atoms in total. The molecule has 8 heteroatoms. The fraction of sp³-hybridized carbons (Fsp3) is 0.450. The number of rotatable bonds is 4. The van der Waals surface area contributed by atoms with Crippen LogP contribution >= 0.6 is 11.3 Å². The van der Waals surface area contributed by atoms with Gasteiger partial charge in [0.25, 0.3) is 5.91 Å². The molecule has 1 aromatic carbocycles. The summed E-state index contributed by atoms with van der Waals surface area (Å²) in [5.74, 6) is -0.168. The molecule has 2 aliphatic rings. The minimum Gasteiger partial charge on any atom is -0.373 e. The Labute approximate surface area is 168 Å². The Kier molecular flexibility index (Phi) is 5.43. The highest BCUT2D eigenvalue weighted by molar-refractivity contribution is 7.14. The summed E-state index contributed by atoms with van der Waals surface area (Å²) in [6.07, 6.45) is 1.54. The maximum absolute atomic E-state index is 12.6. The van der Waals surface area contributed by atoms with Crippen LogP contribution in [0.15, 0.2) is 23.6 Å². The van der Waals surface area contributed by atoms with E-state index in [0.29, 0.717) is 23.5 Å². The average molecular weight is 401 g/mol. The Balaban J connectivity index is 1.38. The highest BCUT2D eigenvalue weighted by Gasteiger charge is 2.23. The molecule has 2 unspecified atom stereocenters. The van der Waals surface area contributed by atoms with Gasteiger partial charge in [-0.3, -0.25) is 19.8 Å². The second kappa shape index (κ2) is 7.98. The molecule has 1 fully saturated rings. The first kappa shape index (κ1) is 19.0. The van der Waals surface area contributed by atoms with Crippen LogP contribution in [0.25, 0.3) is 0 Å². The van der Waals surface area contributed by atoms with Crippen LogP contribution in [0.5, 0.6) is 0 Å². The van der Waals surface area contributed by atoms with E-state index in [1.165, 1.54) is 11.3 Å². The monoisotopic (exact) mass is 400 g/mol. The number of morpholine rings is 1. The summed E-state index contributed by atoms with van der Waals surface area (Å²) in [6.45, 7) is 6.69. The number of hydrogen-bond acceptors (Lipinski definition) is 6. The number of aryl methyl sites for hydroxylation is 1. The van der Waals surface area contributed by atoms with Crippen LogP contribution in [-0.4, -0.2) is 47.0 Å². The van der Waals surface area contributed by atoms with Gasteiger partial charge in [0.15, 0.2) is 5.13 Å². The second-order valence-corrected chi connectivity index (χ2v) is 8.33. The van der Waals surface area contributed by atoms with Gasteiger partial charge in [0.1, 0.15) is 0 Å². The van der Waals surface area contributed by atoms with E-state index < -0.39 is 0 Å². The number of fused-ring (bicyclic) bond motifs is 1. The van der Waals surface area contributed by atoms with Gasteiger partial charge >= 0.3 is 0 Å². The van der Waals surface area contributed by atoms with Crippen molar-refractivity contribution in [1.29, 1.82) is 0 Å². The molecular formula is C20H24N4O3S. The predicted molar refractivity (Wildman–Crippen MR) is 109 cm³/mol. The van der Waals surface area contributed by atoms with Crippen LogP contribution in [-0.2, 0) is 22.5 Å². The maximum atomic E-state index is 12.6. The maximum Gasteiger partial charge on any atom is 0.257 e. The number of hydrogen-bond donors (Lipinski definition) is 2. The fourth-order valence-electron chi connectivity index (χ4n) is 3.77. The van der Waals surface area contributed by atoms with E-state index in [4.69, 9.17) is 4.74 Å². The van der Waals surface area contributed by atoms with E-state index >= 15 is 0 Å². The zero-order chi connectivity index (χ0) is 19.7. The van der Waals surface area contributed by atoms with Gasteiger partial charge < -0.3 is 10.1 Å². The smallest absolute Gasteiger partial charge is 0.257 e. The first-order chi connectivity index (χ1) is 13.5. The van der Waals surface area contributed by atoms with Crippen molar-refractivity contribution in [3.8, 4) is 0 Å². The van der Waals surface area contributed by atoms with E-state index in [1.807, 2.05) is 11.4 Å². The van der Waals surface area contributed by atoms with E-state index in [0.717, 1.165) is 36.6 Å². The molecule has 2 atom stereocenters. The minimum atomic E-state index is -0.186. The van der Waals surface area contributed by atoms with Crippen molar-refractivity contribution in [2.75, 3.05) is 23.7 Å². The molecule has 2 amide bonds. The number of nitrogens with one attached hydrogen (secondary N) is 2. The van der Waals surface area contributed by atoms with Gasteiger partial charge in [-0.25, -0.2) is 4.98 Å². The third kappa shape index (κ3) is 4.40. The first-order valence-corrected chi connectivity index (χ1v) is 10.4. The first-order valence-electron chi connectivity index (χ1n) is 9.52. The summed E-state index contributed by atoms with van der Waals surface area (Å²) < 4.78 is 5.77. The molecule has 2 aromatic rings. The van der Waals surface area contributed by atoms with Crippen molar-refractivity contribution in [2.45, 2.75) is 45.4 Å². The summed E-state index contributed by atoms with van der Waals surface area (Å²) in [6, 6.07) is 5.36. The van der Waals surface area contributed by atoms with E-state index in [-0.39, 0.29) is 24.0 Å². The Morgan fingerprint density at radius 1 is 1.32 bits per heavy atom. The van der Waals surface area contributed by atoms with Gasteiger partial charge in [-0.05, 0) is 44.0 Å². The van der Waals surface area contributed by atoms with Gasteiger partial charge in [0, 0.05) is 42.7 Å². The number of thiazole rings is 1. The number of amides is 2. The molecular weight excluding hydrogens is 376 g/mol. The standard InChI is InChI=1S/C20H24N4O3S/c1-12-8-24(9-13(2)27-12)10-16-11-28-20(21-16)23-19(26)15-3-5-17-14(7-15)4-6-18(25)22-17/h3,5,7,11-13H,4,6,8-10H2,1-2H3,(H,22,25)(H,21,23,26). The van der Waals surface area contributed by atoms with Crippen LogP contribution in [0.1, 0.15) is 41.9 Å². The highest BCUT2D eigenvalue weighted by Crippen LogP contribution is 2.25. The largest absolute Gasteiger partial charge is 0.373 e. The molecule has 28 heavy (non-hydrogen) atoms. The van der Waals surface area contributed by atoms with Crippen LogP contribution in [0.4, 0.5) is 10.8 Å². The number of carbonyl (C=O) groups excluding carboxylic acids is 2. The topological polar surface area (TPSA) is 83.6 Å². The van der Waals surface area contributed by atoms with Gasteiger partial charge in [-0.15, -0.1) is 11.3 Å². The molecule has 148 valence electrons. The van der Waals surface area contributed by atoms with Crippen molar-refractivity contribution in [3.63, 3.8) is 0 Å². The van der Waals surface area contributed by atoms with Crippen molar-refractivity contribution in [2.24, 2.45) is 0 Å². The highest BCUT2D eigenvalue weighted by atomic mass is 32.1. The lowest BCUT2D eigenvalue weighted by Crippen LogP contribution is -2.44. The molecule has 0 radical (unpaired) electrons. The van der Waals surface area contributed by atoms with Crippen LogP contribution in [0, 0.1) is 0 Å². The lowest BCUT2D eigenvalue weighted by atomic mass is 10.0. The summed E-state index contributed by atoms with van der Waals surface area (Å²) in [5.41, 5.74) is 3.30. The van der Waals surface area contributed by atoms with Crippen molar-refractivity contribution < 1.29 is 14.3 Å². The molecule has 3 heterocycles. The number of anilines is 2. The molecule has 0 spiro atoms. The van der Waals surface area contributed by atoms with Crippen molar-refractivity contribution >= 4 is 34.0 Å². The molecule has 2 N–H and O–H groups in total. The Morgan fingerprint density at radius 3 is 2.89 bits per heavy atom. The SMILES string of the molecule is CC1CN(Cc2csc(NC(=O)c3ccc4c(c3)CCC(=O)N4)n2)CC(C)O1. The predicted octanol–water partition coefficient (Wildman–Crippen LogP) is 2.89. The Bertz CT molecular complexity index is 887. The Hall–Kier alpha value is -2.29. The third-order valence-corrected chi connectivity index (χ3v) is 5.72. The van der Waals surface area contributed by atoms with Crippen LogP contribution < -0.4 is 10.6 Å². The van der Waals surface area contributed by atoms with Gasteiger partial charge in [0.05, 0.1) is 17.9 Å². The number of carbonyl (C=O) groups is 2. The molecule has 1 aromatic heterocycles. The van der Waals surface area contributed by atoms with E-state index in [9.17, 15) is 9.59 Å². The average Bonchev–Trinajstić information content (AvgIpc) is 3.07. The van der Waals surface area contributed by atoms with Gasteiger partial charge in [-0.1, -0.05) is 0 Å².